The summed E-state index contributed by atoms with van der Waals surface area (Å²) >= 11 is 1.72. The van der Waals surface area contributed by atoms with Gasteiger partial charge in [-0.3, -0.25) is 14.5 Å². The van der Waals surface area contributed by atoms with Crippen molar-refractivity contribution in [3.05, 3.63) is 80.8 Å². The lowest BCUT2D eigenvalue weighted by Crippen LogP contribution is -2.36. The first kappa shape index (κ1) is 18.7. The Morgan fingerprint density at radius 2 is 2.00 bits per heavy atom. The molecule has 0 saturated carbocycles. The molecular weight excluding hydrogens is 374 g/mol. The van der Waals surface area contributed by atoms with Crippen molar-refractivity contribution in [2.45, 2.75) is 25.4 Å². The van der Waals surface area contributed by atoms with E-state index in [2.05, 4.69) is 27.7 Å². The van der Waals surface area contributed by atoms with Crippen molar-refractivity contribution >= 4 is 17.2 Å². The Morgan fingerprint density at radius 1 is 1.14 bits per heavy atom. The van der Waals surface area contributed by atoms with E-state index in [4.69, 9.17) is 4.42 Å². The number of hydrogen-bond donors (Lipinski definition) is 1. The van der Waals surface area contributed by atoms with E-state index in [-0.39, 0.29) is 23.3 Å². The van der Waals surface area contributed by atoms with Crippen LogP contribution in [0.1, 0.15) is 40.1 Å². The van der Waals surface area contributed by atoms with Gasteiger partial charge in [0.1, 0.15) is 5.76 Å². The van der Waals surface area contributed by atoms with E-state index in [1.54, 1.807) is 46.4 Å². The summed E-state index contributed by atoms with van der Waals surface area (Å²) in [4.78, 5) is 28.1. The molecule has 6 nitrogen and oxygen atoms in total. The summed E-state index contributed by atoms with van der Waals surface area (Å²) in [6.45, 7) is 2.98. The van der Waals surface area contributed by atoms with Crippen molar-refractivity contribution in [3.8, 4) is 0 Å². The zero-order valence-electron chi connectivity index (χ0n) is 15.5. The molecule has 0 aliphatic carbocycles. The van der Waals surface area contributed by atoms with E-state index in [9.17, 15) is 9.59 Å². The van der Waals surface area contributed by atoms with Crippen molar-refractivity contribution in [2.24, 2.45) is 0 Å². The molecule has 0 spiro atoms. The molecule has 1 aliphatic rings. The highest BCUT2D eigenvalue weighted by Gasteiger charge is 2.25. The lowest BCUT2D eigenvalue weighted by atomic mass is 10.2. The molecule has 1 unspecified atom stereocenters. The third-order valence-electron chi connectivity index (χ3n) is 5.02. The average Bonchev–Trinajstić information content (AvgIpc) is 3.47. The predicted molar refractivity (Wildman–Crippen MR) is 109 cm³/mol. The van der Waals surface area contributed by atoms with Crippen molar-refractivity contribution in [3.63, 3.8) is 0 Å². The van der Waals surface area contributed by atoms with E-state index >= 15 is 0 Å². The highest BCUT2D eigenvalue weighted by atomic mass is 32.1. The van der Waals surface area contributed by atoms with Gasteiger partial charge < -0.3 is 14.3 Å². The molecule has 4 rings (SSSR count). The fourth-order valence-corrected chi connectivity index (χ4v) is 4.43. The Labute approximate surface area is 167 Å². The maximum atomic E-state index is 12.6. The molecule has 0 bridgehead atoms. The topological polar surface area (TPSA) is 67.5 Å². The molecule has 1 aliphatic heterocycles. The fraction of sp³-hybridized carbons (Fsp3) is 0.333. The van der Waals surface area contributed by atoms with Crippen molar-refractivity contribution in [2.75, 3.05) is 19.6 Å². The van der Waals surface area contributed by atoms with Crippen molar-refractivity contribution in [1.82, 2.24) is 14.8 Å². The van der Waals surface area contributed by atoms with Gasteiger partial charge in [0.2, 0.25) is 0 Å². The first-order valence-electron chi connectivity index (χ1n) is 9.50. The number of nitrogens with zero attached hydrogens (tertiary/aromatic N) is 2. The van der Waals surface area contributed by atoms with Gasteiger partial charge in [-0.1, -0.05) is 12.1 Å². The standard InChI is InChI=1S/C21H23N3O3S/c25-20-7-1-2-12-24(20)15-16-8-9-18(27-16)21(26)22-14-17(19-6-5-13-28-19)23-10-3-4-11-23/h1-2,5-9,12-13,17H,3-4,10-11,14-15H2,(H,22,26). The summed E-state index contributed by atoms with van der Waals surface area (Å²) in [6.07, 6.45) is 4.11. The third-order valence-corrected chi connectivity index (χ3v) is 5.99. The number of aromatic nitrogens is 1. The first-order chi connectivity index (χ1) is 13.7. The summed E-state index contributed by atoms with van der Waals surface area (Å²) in [7, 11) is 0. The van der Waals surface area contributed by atoms with Crippen LogP contribution >= 0.6 is 11.3 Å². The van der Waals surface area contributed by atoms with Crippen LogP contribution in [0.25, 0.3) is 0 Å². The first-order valence-corrected chi connectivity index (χ1v) is 10.4. The molecule has 1 saturated heterocycles. The van der Waals surface area contributed by atoms with Gasteiger partial charge in [0.25, 0.3) is 11.5 Å². The normalized spacial score (nSPS) is 15.6. The second-order valence-corrected chi connectivity index (χ2v) is 7.90. The molecule has 1 N–H and O–H groups in total. The minimum absolute atomic E-state index is 0.102. The maximum Gasteiger partial charge on any atom is 0.287 e. The van der Waals surface area contributed by atoms with Crippen LogP contribution in [0.5, 0.6) is 0 Å². The van der Waals surface area contributed by atoms with E-state index in [0.717, 1.165) is 13.1 Å². The molecule has 1 fully saturated rings. The van der Waals surface area contributed by atoms with Gasteiger partial charge in [-0.05, 0) is 55.6 Å². The minimum atomic E-state index is -0.229. The molecule has 146 valence electrons. The summed E-state index contributed by atoms with van der Waals surface area (Å²) in [5.41, 5.74) is -0.102. The van der Waals surface area contributed by atoms with Gasteiger partial charge in [-0.25, -0.2) is 0 Å². The summed E-state index contributed by atoms with van der Waals surface area (Å²) in [5.74, 6) is 0.616. The highest BCUT2D eigenvalue weighted by Crippen LogP contribution is 2.27. The van der Waals surface area contributed by atoms with Gasteiger partial charge in [-0.2, -0.15) is 0 Å². The third kappa shape index (κ3) is 4.26. The van der Waals surface area contributed by atoms with Gasteiger partial charge in [0.05, 0.1) is 12.6 Å². The van der Waals surface area contributed by atoms with E-state index in [1.165, 1.54) is 23.8 Å². The number of carbonyl (C=O) groups is 1. The quantitative estimate of drug-likeness (QED) is 0.665. The van der Waals surface area contributed by atoms with Gasteiger partial charge in [-0.15, -0.1) is 11.3 Å². The minimum Gasteiger partial charge on any atom is -0.454 e. The fourth-order valence-electron chi connectivity index (χ4n) is 3.56. The molecule has 1 atom stereocenters. The van der Waals surface area contributed by atoms with Crippen LogP contribution in [-0.4, -0.2) is 35.0 Å². The number of hydrogen-bond acceptors (Lipinski definition) is 5. The van der Waals surface area contributed by atoms with Crippen molar-refractivity contribution in [1.29, 1.82) is 0 Å². The predicted octanol–water partition coefficient (Wildman–Crippen LogP) is 3.12. The maximum absolute atomic E-state index is 12.6. The molecule has 3 aromatic rings. The van der Waals surface area contributed by atoms with Crippen LogP contribution in [0.4, 0.5) is 0 Å². The number of pyridine rings is 1. The Kier molecular flexibility index (Phi) is 5.73. The summed E-state index contributed by atoms with van der Waals surface area (Å²) in [6, 6.07) is 12.8. The largest absolute Gasteiger partial charge is 0.454 e. The number of amides is 1. The number of likely N-dealkylation sites (tertiary alicyclic amines) is 1. The van der Waals surface area contributed by atoms with Crippen LogP contribution < -0.4 is 10.9 Å². The average molecular weight is 398 g/mol. The lowest BCUT2D eigenvalue weighted by Gasteiger charge is -2.26. The van der Waals surface area contributed by atoms with Crippen LogP contribution in [0.2, 0.25) is 0 Å². The smallest absolute Gasteiger partial charge is 0.287 e. The summed E-state index contributed by atoms with van der Waals surface area (Å²) in [5, 5.41) is 5.09. The highest BCUT2D eigenvalue weighted by molar-refractivity contribution is 7.10. The second-order valence-electron chi connectivity index (χ2n) is 6.92. The van der Waals surface area contributed by atoms with Crippen LogP contribution in [-0.2, 0) is 6.54 Å². The number of carbonyl (C=O) groups excluding carboxylic acids is 1. The zero-order chi connectivity index (χ0) is 19.3. The van der Waals surface area contributed by atoms with Gasteiger partial charge in [0.15, 0.2) is 5.76 Å². The Bertz CT molecular complexity index is 971. The van der Waals surface area contributed by atoms with Crippen LogP contribution in [0.3, 0.4) is 0 Å². The monoisotopic (exact) mass is 397 g/mol. The van der Waals surface area contributed by atoms with Crippen molar-refractivity contribution < 1.29 is 9.21 Å². The van der Waals surface area contributed by atoms with E-state index < -0.39 is 0 Å². The number of rotatable bonds is 7. The van der Waals surface area contributed by atoms with E-state index in [0.29, 0.717) is 18.8 Å². The molecule has 1 amide bonds. The Balaban J connectivity index is 1.40. The molecule has 28 heavy (non-hydrogen) atoms. The lowest BCUT2D eigenvalue weighted by molar-refractivity contribution is 0.0908. The number of furan rings is 1. The van der Waals surface area contributed by atoms with E-state index in [1.807, 2.05) is 0 Å². The number of thiophene rings is 1. The Hall–Kier alpha value is -2.64. The molecule has 7 heteroatoms. The summed E-state index contributed by atoms with van der Waals surface area (Å²) < 4.78 is 7.21. The Morgan fingerprint density at radius 3 is 2.75 bits per heavy atom. The van der Waals surface area contributed by atoms with Gasteiger partial charge >= 0.3 is 0 Å². The van der Waals surface area contributed by atoms with Gasteiger partial charge in [0, 0.05) is 23.7 Å². The molecule has 3 aromatic heterocycles. The second kappa shape index (κ2) is 8.58. The molecule has 0 aromatic carbocycles. The SMILES string of the molecule is O=C(NCC(c1cccs1)N1CCCC1)c1ccc(Cn2ccccc2=O)o1. The number of nitrogens with one attached hydrogen (secondary N) is 1. The zero-order valence-corrected chi connectivity index (χ0v) is 16.4. The van der Waals surface area contributed by atoms with Crippen LogP contribution in [0, 0.1) is 0 Å². The molecular formula is C21H23N3O3S. The molecule has 0 radical (unpaired) electrons. The van der Waals surface area contributed by atoms with Crippen LogP contribution in [0.15, 0.2) is 63.3 Å². The molecule has 4 heterocycles.